The first-order chi connectivity index (χ1) is 15.2. The minimum absolute atomic E-state index is 0.226. The zero-order valence-electron chi connectivity index (χ0n) is 18.3. The third-order valence-corrected chi connectivity index (χ3v) is 8.00. The molecule has 31 heavy (non-hydrogen) atoms. The van der Waals surface area contributed by atoms with Crippen molar-refractivity contribution in [1.82, 2.24) is 0 Å². The largest absolute Gasteiger partial charge is 0.464 e. The van der Waals surface area contributed by atoms with Gasteiger partial charge in [0.25, 0.3) is 0 Å². The highest BCUT2D eigenvalue weighted by molar-refractivity contribution is 8.03. The molecule has 3 rings (SSSR count). The van der Waals surface area contributed by atoms with Crippen LogP contribution in [0.5, 0.6) is 0 Å². The van der Waals surface area contributed by atoms with E-state index in [2.05, 4.69) is 54.6 Å². The monoisotopic (exact) mass is 454 g/mol. The molecular formula is C26H31O3PS. The van der Waals surface area contributed by atoms with E-state index in [4.69, 9.17) is 9.47 Å². The summed E-state index contributed by atoms with van der Waals surface area (Å²) in [6.07, 6.45) is 2.12. The van der Waals surface area contributed by atoms with E-state index in [-0.39, 0.29) is 5.97 Å². The van der Waals surface area contributed by atoms with E-state index in [1.807, 2.05) is 43.8 Å². The lowest BCUT2D eigenvalue weighted by Gasteiger charge is -2.31. The molecule has 0 saturated heterocycles. The van der Waals surface area contributed by atoms with Crippen LogP contribution in [-0.4, -0.2) is 36.4 Å². The summed E-state index contributed by atoms with van der Waals surface area (Å²) in [7, 11) is 0.598. The summed E-state index contributed by atoms with van der Waals surface area (Å²) in [5, 5.41) is 2.52. The van der Waals surface area contributed by atoms with Crippen molar-refractivity contribution in [2.75, 3.05) is 24.9 Å². The molecule has 0 N–H and O–H groups in total. The molecule has 0 aliphatic rings. The third-order valence-electron chi connectivity index (χ3n) is 5.20. The second-order valence-corrected chi connectivity index (χ2v) is 10.1. The topological polar surface area (TPSA) is 35.5 Å². The number of hydrogen-bond donors (Lipinski definition) is 0. The fourth-order valence-corrected chi connectivity index (χ4v) is 6.30. The van der Waals surface area contributed by atoms with Crippen molar-refractivity contribution in [2.24, 2.45) is 0 Å². The quantitative estimate of drug-likeness (QED) is 0.135. The zero-order chi connectivity index (χ0) is 21.9. The van der Waals surface area contributed by atoms with Crippen molar-refractivity contribution >= 4 is 37.1 Å². The van der Waals surface area contributed by atoms with Gasteiger partial charge in [0.05, 0.1) is 6.61 Å². The zero-order valence-corrected chi connectivity index (χ0v) is 20.1. The molecule has 0 amide bonds. The van der Waals surface area contributed by atoms with Gasteiger partial charge in [0.15, 0.2) is 5.60 Å². The lowest BCUT2D eigenvalue weighted by molar-refractivity contribution is -0.169. The number of aryl methyl sites for hydroxylation is 1. The Bertz CT molecular complexity index is 963. The predicted molar refractivity (Wildman–Crippen MR) is 134 cm³/mol. The lowest BCUT2D eigenvalue weighted by Crippen LogP contribution is -2.46. The molecular weight excluding hydrogens is 423 g/mol. The molecule has 5 heteroatoms. The average Bonchev–Trinajstić information content (AvgIpc) is 2.81. The Morgan fingerprint density at radius 2 is 1.68 bits per heavy atom. The van der Waals surface area contributed by atoms with Crippen molar-refractivity contribution in [3.8, 4) is 0 Å². The molecule has 3 nitrogen and oxygen atoms in total. The molecule has 0 fully saturated rings. The van der Waals surface area contributed by atoms with Gasteiger partial charge in [-0.15, -0.1) is 20.3 Å². The maximum absolute atomic E-state index is 12.9. The van der Waals surface area contributed by atoms with Crippen LogP contribution >= 0.6 is 20.3 Å². The highest BCUT2D eigenvalue weighted by Gasteiger charge is 2.40. The SMILES string of the molecule is CCOC(=O)C(CCc1ccccc1)(CPCSc1ccc2ccccc2c1)OCC. The van der Waals surface area contributed by atoms with Crippen molar-refractivity contribution in [3.63, 3.8) is 0 Å². The summed E-state index contributed by atoms with van der Waals surface area (Å²) in [4.78, 5) is 14.2. The molecule has 0 aliphatic carbocycles. The van der Waals surface area contributed by atoms with Crippen molar-refractivity contribution < 1.29 is 14.3 Å². The number of hydrogen-bond acceptors (Lipinski definition) is 4. The number of esters is 1. The highest BCUT2D eigenvalue weighted by Crippen LogP contribution is 2.34. The minimum atomic E-state index is -0.872. The third kappa shape index (κ3) is 6.80. The molecule has 164 valence electrons. The molecule has 0 aromatic heterocycles. The van der Waals surface area contributed by atoms with Gasteiger partial charge in [-0.05, 0) is 55.2 Å². The Morgan fingerprint density at radius 1 is 0.935 bits per heavy atom. The number of carbonyl (C=O) groups is 1. The van der Waals surface area contributed by atoms with Gasteiger partial charge in [0, 0.05) is 23.2 Å². The normalized spacial score (nSPS) is 13.5. The molecule has 2 unspecified atom stereocenters. The number of carbonyl (C=O) groups excluding carboxylic acids is 1. The van der Waals surface area contributed by atoms with E-state index in [0.29, 0.717) is 34.4 Å². The second kappa shape index (κ2) is 12.2. The summed E-state index contributed by atoms with van der Waals surface area (Å²) in [6.45, 7) is 4.66. The number of rotatable bonds is 12. The smallest absolute Gasteiger partial charge is 0.338 e. The first kappa shape index (κ1) is 23.8. The molecule has 0 radical (unpaired) electrons. The first-order valence-electron chi connectivity index (χ1n) is 10.8. The van der Waals surface area contributed by atoms with Gasteiger partial charge in [-0.1, -0.05) is 60.7 Å². The van der Waals surface area contributed by atoms with Crippen molar-refractivity contribution in [3.05, 3.63) is 78.4 Å². The highest BCUT2D eigenvalue weighted by atomic mass is 32.2. The fourth-order valence-electron chi connectivity index (χ4n) is 3.62. The van der Waals surface area contributed by atoms with Crippen LogP contribution in [0.1, 0.15) is 25.8 Å². The predicted octanol–water partition coefficient (Wildman–Crippen LogP) is 6.54. The van der Waals surface area contributed by atoms with Crippen LogP contribution in [0.15, 0.2) is 77.7 Å². The fraction of sp³-hybridized carbons (Fsp3) is 0.346. The standard InChI is InChI=1S/C26H31O3PS/c1-3-28-25(27)26(29-4-2,17-16-21-10-6-5-7-11-21)19-30-20-31-24-15-14-22-12-8-9-13-23(22)18-24/h5-15,18,30H,3-4,16-17,19-20H2,1-2H3. The van der Waals surface area contributed by atoms with Gasteiger partial charge in [-0.2, -0.15) is 0 Å². The van der Waals surface area contributed by atoms with Crippen LogP contribution in [0.3, 0.4) is 0 Å². The number of ether oxygens (including phenoxy) is 2. The van der Waals surface area contributed by atoms with E-state index in [0.717, 1.165) is 11.9 Å². The van der Waals surface area contributed by atoms with E-state index >= 15 is 0 Å². The first-order valence-corrected chi connectivity index (χ1v) is 13.2. The van der Waals surface area contributed by atoms with Gasteiger partial charge in [-0.25, -0.2) is 4.79 Å². The van der Waals surface area contributed by atoms with Crippen molar-refractivity contribution in [1.29, 1.82) is 0 Å². The van der Waals surface area contributed by atoms with Gasteiger partial charge < -0.3 is 9.47 Å². The van der Waals surface area contributed by atoms with E-state index < -0.39 is 5.60 Å². The van der Waals surface area contributed by atoms with Crippen LogP contribution in [0.4, 0.5) is 0 Å². The summed E-state index contributed by atoms with van der Waals surface area (Å²) in [5.74, 6) is -0.226. The Labute approximate surface area is 191 Å². The molecule has 0 bridgehead atoms. The molecule has 0 heterocycles. The number of thioether (sulfide) groups is 1. The summed E-state index contributed by atoms with van der Waals surface area (Å²) >= 11 is 1.84. The second-order valence-electron chi connectivity index (χ2n) is 7.36. The lowest BCUT2D eigenvalue weighted by atomic mass is 9.96. The molecule has 2 atom stereocenters. The molecule has 0 aliphatic heterocycles. The van der Waals surface area contributed by atoms with Gasteiger partial charge in [0.1, 0.15) is 0 Å². The number of benzene rings is 3. The average molecular weight is 455 g/mol. The maximum Gasteiger partial charge on any atom is 0.338 e. The molecule has 0 spiro atoms. The molecule has 0 saturated carbocycles. The Balaban J connectivity index is 1.63. The minimum Gasteiger partial charge on any atom is -0.464 e. The molecule has 3 aromatic carbocycles. The van der Waals surface area contributed by atoms with Gasteiger partial charge >= 0.3 is 5.97 Å². The van der Waals surface area contributed by atoms with E-state index in [1.54, 1.807) is 0 Å². The van der Waals surface area contributed by atoms with Crippen LogP contribution in [0, 0.1) is 0 Å². The van der Waals surface area contributed by atoms with Crippen LogP contribution in [0.25, 0.3) is 10.8 Å². The Morgan fingerprint density at radius 3 is 2.42 bits per heavy atom. The van der Waals surface area contributed by atoms with Crippen LogP contribution in [-0.2, 0) is 20.7 Å². The van der Waals surface area contributed by atoms with Crippen LogP contribution in [0.2, 0.25) is 0 Å². The maximum atomic E-state index is 12.9. The summed E-state index contributed by atoms with van der Waals surface area (Å²) in [6, 6.07) is 25.3. The Kier molecular flexibility index (Phi) is 9.39. The molecule has 3 aromatic rings. The van der Waals surface area contributed by atoms with Gasteiger partial charge in [-0.3, -0.25) is 0 Å². The van der Waals surface area contributed by atoms with E-state index in [1.165, 1.54) is 21.2 Å². The number of fused-ring (bicyclic) bond motifs is 1. The summed E-state index contributed by atoms with van der Waals surface area (Å²) < 4.78 is 11.5. The Hall–Kier alpha value is -1.87. The van der Waals surface area contributed by atoms with Gasteiger partial charge in [0.2, 0.25) is 0 Å². The summed E-state index contributed by atoms with van der Waals surface area (Å²) in [5.41, 5.74) is 1.30. The van der Waals surface area contributed by atoms with E-state index in [9.17, 15) is 4.79 Å². The van der Waals surface area contributed by atoms with Crippen LogP contribution < -0.4 is 0 Å². The van der Waals surface area contributed by atoms with Crippen molar-refractivity contribution in [2.45, 2.75) is 37.2 Å².